The Kier molecular flexibility index (Phi) is 5.85. The quantitative estimate of drug-likeness (QED) is 0.349. The monoisotopic (exact) mass is 473 g/mol. The van der Waals surface area contributed by atoms with Gasteiger partial charge < -0.3 is 14.4 Å². The van der Waals surface area contributed by atoms with Gasteiger partial charge in [0.2, 0.25) is 0 Å². The number of nitrogens with zero attached hydrogens (tertiary/aromatic N) is 5. The molecular weight excluding hydrogens is 450 g/mol. The van der Waals surface area contributed by atoms with Crippen molar-refractivity contribution in [2.24, 2.45) is 0 Å². The van der Waals surface area contributed by atoms with E-state index in [-0.39, 0.29) is 5.91 Å². The van der Waals surface area contributed by atoms with Gasteiger partial charge >= 0.3 is 0 Å². The summed E-state index contributed by atoms with van der Waals surface area (Å²) in [6.07, 6.45) is 3.33. The first-order chi connectivity index (χ1) is 16.6. The first-order valence-electron chi connectivity index (χ1n) is 10.7. The van der Waals surface area contributed by atoms with Crippen LogP contribution in [-0.4, -0.2) is 51.8 Å². The Labute approximate surface area is 200 Å². The highest BCUT2D eigenvalue weighted by atomic mass is 32.1. The SMILES string of the molecule is COc1ccc(Cn2ncc3cc(C(=O)N(C)Cc4nc5ccccc5s4)cnc32)c(OC)c1. The zero-order valence-electron chi connectivity index (χ0n) is 19.1. The maximum absolute atomic E-state index is 13.1. The van der Waals surface area contributed by atoms with Gasteiger partial charge in [0, 0.05) is 30.3 Å². The standard InChI is InChI=1S/C25H23N5O3S/c1-29(15-23-28-20-6-4-5-7-22(20)34-23)25(31)18-10-17-13-27-30(24(17)26-12-18)14-16-8-9-19(32-2)11-21(16)33-3/h4-13H,14-15H2,1-3H3. The molecule has 0 saturated carbocycles. The molecule has 0 fully saturated rings. The molecule has 0 aliphatic carbocycles. The minimum atomic E-state index is -0.113. The molecule has 0 bridgehead atoms. The fraction of sp³-hybridized carbons (Fsp3) is 0.200. The summed E-state index contributed by atoms with van der Waals surface area (Å²) in [4.78, 5) is 23.9. The number of amides is 1. The smallest absolute Gasteiger partial charge is 0.255 e. The van der Waals surface area contributed by atoms with Crippen molar-refractivity contribution in [1.29, 1.82) is 0 Å². The van der Waals surface area contributed by atoms with E-state index in [1.54, 1.807) is 54.6 Å². The Morgan fingerprint density at radius 3 is 2.74 bits per heavy atom. The lowest BCUT2D eigenvalue weighted by Crippen LogP contribution is -2.26. The average molecular weight is 474 g/mol. The number of para-hydroxylation sites is 1. The van der Waals surface area contributed by atoms with Crippen LogP contribution in [0.3, 0.4) is 0 Å². The van der Waals surface area contributed by atoms with Crippen LogP contribution in [-0.2, 0) is 13.1 Å². The van der Waals surface area contributed by atoms with Crippen LogP contribution < -0.4 is 9.47 Å². The number of rotatable bonds is 7. The van der Waals surface area contributed by atoms with Gasteiger partial charge in [-0.3, -0.25) is 4.79 Å². The van der Waals surface area contributed by atoms with Gasteiger partial charge in [0.15, 0.2) is 5.65 Å². The third-order valence-corrected chi connectivity index (χ3v) is 6.62. The van der Waals surface area contributed by atoms with Gasteiger partial charge in [-0.05, 0) is 30.3 Å². The fourth-order valence-electron chi connectivity index (χ4n) is 3.83. The summed E-state index contributed by atoms with van der Waals surface area (Å²) in [6, 6.07) is 15.5. The maximum Gasteiger partial charge on any atom is 0.255 e. The van der Waals surface area contributed by atoms with Crippen LogP contribution in [0.4, 0.5) is 0 Å². The molecule has 0 spiro atoms. The lowest BCUT2D eigenvalue weighted by Gasteiger charge is -2.15. The minimum absolute atomic E-state index is 0.113. The predicted molar refractivity (Wildman–Crippen MR) is 132 cm³/mol. The molecular formula is C25H23N5O3S. The van der Waals surface area contributed by atoms with Crippen molar-refractivity contribution in [2.75, 3.05) is 21.3 Å². The number of carbonyl (C=O) groups excluding carboxylic acids is 1. The summed E-state index contributed by atoms with van der Waals surface area (Å²) in [5.74, 6) is 1.33. The summed E-state index contributed by atoms with van der Waals surface area (Å²) in [5.41, 5.74) is 3.11. The molecule has 0 radical (unpaired) electrons. The Balaban J connectivity index is 1.35. The van der Waals surface area contributed by atoms with Crippen molar-refractivity contribution in [3.05, 3.63) is 77.1 Å². The van der Waals surface area contributed by atoms with E-state index in [2.05, 4.69) is 15.1 Å². The van der Waals surface area contributed by atoms with E-state index in [0.717, 1.165) is 31.9 Å². The number of hydrogen-bond donors (Lipinski definition) is 0. The number of aromatic nitrogens is 4. The molecule has 8 nitrogen and oxygen atoms in total. The van der Waals surface area contributed by atoms with Crippen LogP contribution in [0.2, 0.25) is 0 Å². The summed E-state index contributed by atoms with van der Waals surface area (Å²) in [5, 5.41) is 6.17. The molecule has 1 amide bonds. The molecule has 5 rings (SSSR count). The van der Waals surface area contributed by atoms with Gasteiger partial charge in [0.05, 0.1) is 49.3 Å². The van der Waals surface area contributed by atoms with Crippen molar-refractivity contribution < 1.29 is 14.3 Å². The summed E-state index contributed by atoms with van der Waals surface area (Å²) >= 11 is 1.60. The summed E-state index contributed by atoms with van der Waals surface area (Å²) < 4.78 is 13.7. The Bertz CT molecular complexity index is 1460. The molecule has 0 saturated heterocycles. The highest BCUT2D eigenvalue weighted by molar-refractivity contribution is 7.18. The first kappa shape index (κ1) is 21.8. The van der Waals surface area contributed by atoms with Crippen molar-refractivity contribution >= 4 is 38.5 Å². The summed E-state index contributed by atoms with van der Waals surface area (Å²) in [6.45, 7) is 0.918. The number of hydrogen-bond acceptors (Lipinski definition) is 7. The normalized spacial score (nSPS) is 11.1. The van der Waals surface area contributed by atoms with Crippen LogP contribution in [0.25, 0.3) is 21.3 Å². The van der Waals surface area contributed by atoms with Crippen LogP contribution in [0.5, 0.6) is 11.5 Å². The van der Waals surface area contributed by atoms with Gasteiger partial charge in [-0.1, -0.05) is 12.1 Å². The van der Waals surface area contributed by atoms with E-state index in [1.807, 2.05) is 48.5 Å². The number of benzene rings is 2. The van der Waals surface area contributed by atoms with Crippen molar-refractivity contribution in [3.8, 4) is 11.5 Å². The van der Waals surface area contributed by atoms with Crippen LogP contribution >= 0.6 is 11.3 Å². The first-order valence-corrected chi connectivity index (χ1v) is 11.5. The topological polar surface area (TPSA) is 82.4 Å². The predicted octanol–water partition coefficient (Wildman–Crippen LogP) is 4.38. The maximum atomic E-state index is 13.1. The molecule has 9 heteroatoms. The molecule has 34 heavy (non-hydrogen) atoms. The van der Waals surface area contributed by atoms with E-state index in [9.17, 15) is 4.79 Å². The number of pyridine rings is 1. The van der Waals surface area contributed by atoms with E-state index in [0.29, 0.717) is 30.0 Å². The van der Waals surface area contributed by atoms with Crippen LogP contribution in [0.15, 0.2) is 60.9 Å². The number of fused-ring (bicyclic) bond motifs is 2. The van der Waals surface area contributed by atoms with E-state index < -0.39 is 0 Å². The number of ether oxygens (including phenoxy) is 2. The van der Waals surface area contributed by atoms with Gasteiger partial charge in [-0.15, -0.1) is 11.3 Å². The second-order valence-electron chi connectivity index (χ2n) is 7.85. The largest absolute Gasteiger partial charge is 0.497 e. The number of thiazole rings is 1. The lowest BCUT2D eigenvalue weighted by molar-refractivity contribution is 0.0785. The zero-order chi connectivity index (χ0) is 23.7. The highest BCUT2D eigenvalue weighted by Gasteiger charge is 2.17. The van der Waals surface area contributed by atoms with Crippen molar-refractivity contribution in [3.63, 3.8) is 0 Å². The molecule has 0 unspecified atom stereocenters. The minimum Gasteiger partial charge on any atom is -0.497 e. The van der Waals surface area contributed by atoms with Gasteiger partial charge in [-0.2, -0.15) is 5.10 Å². The molecule has 3 aromatic heterocycles. The third-order valence-electron chi connectivity index (χ3n) is 5.59. The second-order valence-corrected chi connectivity index (χ2v) is 8.97. The van der Waals surface area contributed by atoms with Gasteiger partial charge in [-0.25, -0.2) is 14.6 Å². The zero-order valence-corrected chi connectivity index (χ0v) is 19.9. The Morgan fingerprint density at radius 1 is 1.09 bits per heavy atom. The molecule has 0 aliphatic heterocycles. The van der Waals surface area contributed by atoms with Crippen molar-refractivity contribution in [1.82, 2.24) is 24.6 Å². The third kappa shape index (κ3) is 4.17. The fourth-order valence-corrected chi connectivity index (χ4v) is 4.85. The van der Waals surface area contributed by atoms with Gasteiger partial charge in [0.1, 0.15) is 16.5 Å². The molecule has 2 aromatic carbocycles. The van der Waals surface area contributed by atoms with Crippen LogP contribution in [0, 0.1) is 0 Å². The summed E-state index contributed by atoms with van der Waals surface area (Å²) in [7, 11) is 5.02. The molecule has 0 N–H and O–H groups in total. The van der Waals surface area contributed by atoms with Crippen LogP contribution in [0.1, 0.15) is 20.9 Å². The van der Waals surface area contributed by atoms with Gasteiger partial charge in [0.25, 0.3) is 5.91 Å². The Morgan fingerprint density at radius 2 is 1.94 bits per heavy atom. The molecule has 5 aromatic rings. The van der Waals surface area contributed by atoms with E-state index in [1.165, 1.54) is 0 Å². The highest BCUT2D eigenvalue weighted by Crippen LogP contribution is 2.26. The number of carbonyl (C=O) groups is 1. The Hall–Kier alpha value is -3.98. The number of methoxy groups -OCH3 is 2. The molecule has 0 atom stereocenters. The van der Waals surface area contributed by atoms with Crippen molar-refractivity contribution in [2.45, 2.75) is 13.1 Å². The average Bonchev–Trinajstić information content (AvgIpc) is 3.46. The van der Waals surface area contributed by atoms with E-state index >= 15 is 0 Å². The molecule has 0 aliphatic rings. The molecule has 3 heterocycles. The lowest BCUT2D eigenvalue weighted by atomic mass is 10.2. The molecule has 172 valence electrons. The second kappa shape index (κ2) is 9.11. The van der Waals surface area contributed by atoms with E-state index in [4.69, 9.17) is 9.47 Å².